The summed E-state index contributed by atoms with van der Waals surface area (Å²) in [6.07, 6.45) is 0. The molecule has 0 aliphatic heterocycles. The summed E-state index contributed by atoms with van der Waals surface area (Å²) in [7, 11) is 1.61. The van der Waals surface area contributed by atoms with Crippen LogP contribution >= 0.6 is 23.4 Å². The lowest BCUT2D eigenvalue weighted by Crippen LogP contribution is -2.24. The molecule has 8 heteroatoms. The number of methoxy groups -OCH3 is 1. The molecule has 0 bridgehead atoms. The van der Waals surface area contributed by atoms with Crippen LogP contribution in [0.3, 0.4) is 0 Å². The van der Waals surface area contributed by atoms with E-state index in [0.717, 1.165) is 16.9 Å². The van der Waals surface area contributed by atoms with E-state index in [1.165, 1.54) is 11.8 Å². The molecule has 0 aliphatic carbocycles. The van der Waals surface area contributed by atoms with Crippen molar-refractivity contribution in [1.82, 2.24) is 20.5 Å². The summed E-state index contributed by atoms with van der Waals surface area (Å²) in [6.45, 7) is 0.440. The molecular weight excluding hydrogens is 372 g/mol. The van der Waals surface area contributed by atoms with E-state index < -0.39 is 0 Å². The molecule has 0 atom stereocenters. The average Bonchev–Trinajstić information content (AvgIpc) is 3.14. The van der Waals surface area contributed by atoms with Crippen molar-refractivity contribution in [3.63, 3.8) is 0 Å². The third-order valence-corrected chi connectivity index (χ3v) is 4.73. The maximum atomic E-state index is 12.0. The van der Waals surface area contributed by atoms with Gasteiger partial charge >= 0.3 is 0 Å². The van der Waals surface area contributed by atoms with Crippen molar-refractivity contribution in [2.24, 2.45) is 0 Å². The van der Waals surface area contributed by atoms with Crippen LogP contribution in [-0.2, 0) is 11.3 Å². The summed E-state index contributed by atoms with van der Waals surface area (Å²) < 4.78 is 5.17. The standard InChI is InChI=1S/C18H17ClN4O2S/c1-25-13-6-4-5-12(9-13)10-20-16(24)11-26-18-21-17(22-23-18)14-7-2-3-8-15(14)19/h2-9H,10-11H2,1H3,(H,20,24)(H,21,22,23). The van der Waals surface area contributed by atoms with Crippen LogP contribution < -0.4 is 10.1 Å². The minimum absolute atomic E-state index is 0.0955. The first kappa shape index (κ1) is 18.3. The summed E-state index contributed by atoms with van der Waals surface area (Å²) >= 11 is 7.41. The molecule has 134 valence electrons. The fourth-order valence-corrected chi connectivity index (χ4v) is 3.10. The predicted octanol–water partition coefficient (Wildman–Crippen LogP) is 3.54. The van der Waals surface area contributed by atoms with Gasteiger partial charge in [0, 0.05) is 12.1 Å². The summed E-state index contributed by atoms with van der Waals surface area (Å²) in [6, 6.07) is 14.9. The molecule has 26 heavy (non-hydrogen) atoms. The number of carbonyl (C=O) groups excluding carboxylic acids is 1. The summed E-state index contributed by atoms with van der Waals surface area (Å²) in [4.78, 5) is 16.4. The molecule has 2 aromatic carbocycles. The molecular formula is C18H17ClN4O2S. The van der Waals surface area contributed by atoms with Crippen LogP contribution in [0.25, 0.3) is 11.4 Å². The van der Waals surface area contributed by atoms with Crippen molar-refractivity contribution in [2.45, 2.75) is 11.7 Å². The number of ether oxygens (including phenoxy) is 1. The van der Waals surface area contributed by atoms with Crippen molar-refractivity contribution >= 4 is 29.3 Å². The summed E-state index contributed by atoms with van der Waals surface area (Å²) in [5.74, 6) is 1.47. The van der Waals surface area contributed by atoms with Gasteiger partial charge in [0.2, 0.25) is 11.1 Å². The van der Waals surface area contributed by atoms with Gasteiger partial charge < -0.3 is 10.1 Å². The Kier molecular flexibility index (Phi) is 6.14. The topological polar surface area (TPSA) is 79.9 Å². The number of rotatable bonds is 7. The molecule has 0 saturated carbocycles. The van der Waals surface area contributed by atoms with Gasteiger partial charge in [-0.1, -0.05) is 47.6 Å². The van der Waals surface area contributed by atoms with Crippen LogP contribution in [0.5, 0.6) is 5.75 Å². The number of hydrogen-bond acceptors (Lipinski definition) is 5. The van der Waals surface area contributed by atoms with Crippen LogP contribution in [-0.4, -0.2) is 34.0 Å². The Morgan fingerprint density at radius 2 is 2.12 bits per heavy atom. The monoisotopic (exact) mass is 388 g/mol. The van der Waals surface area contributed by atoms with E-state index in [-0.39, 0.29) is 11.7 Å². The maximum absolute atomic E-state index is 12.0. The number of benzene rings is 2. The summed E-state index contributed by atoms with van der Waals surface area (Å²) in [5.41, 5.74) is 1.75. The lowest BCUT2D eigenvalue weighted by molar-refractivity contribution is -0.118. The number of nitrogens with one attached hydrogen (secondary N) is 2. The Labute approximate surface area is 160 Å². The van der Waals surface area contributed by atoms with Crippen LogP contribution in [0.1, 0.15) is 5.56 Å². The zero-order valence-corrected chi connectivity index (χ0v) is 15.6. The quantitative estimate of drug-likeness (QED) is 0.605. The number of H-pyrrole nitrogens is 1. The first-order chi connectivity index (χ1) is 12.7. The molecule has 2 N–H and O–H groups in total. The van der Waals surface area contributed by atoms with Crippen molar-refractivity contribution in [1.29, 1.82) is 0 Å². The van der Waals surface area contributed by atoms with E-state index >= 15 is 0 Å². The molecule has 0 spiro atoms. The van der Waals surface area contributed by atoms with Gasteiger partial charge in [-0.15, -0.1) is 5.10 Å². The number of halogens is 1. The second kappa shape index (κ2) is 8.73. The molecule has 1 heterocycles. The van der Waals surface area contributed by atoms with E-state index in [4.69, 9.17) is 16.3 Å². The van der Waals surface area contributed by atoms with Crippen molar-refractivity contribution in [3.8, 4) is 17.1 Å². The number of aromatic amines is 1. The Balaban J connectivity index is 1.51. The highest BCUT2D eigenvalue weighted by molar-refractivity contribution is 7.99. The highest BCUT2D eigenvalue weighted by Gasteiger charge is 2.11. The smallest absolute Gasteiger partial charge is 0.230 e. The number of aromatic nitrogens is 3. The molecule has 0 radical (unpaired) electrons. The number of nitrogens with zero attached hydrogens (tertiary/aromatic N) is 2. The highest BCUT2D eigenvalue weighted by atomic mass is 35.5. The van der Waals surface area contributed by atoms with E-state index in [1.807, 2.05) is 42.5 Å². The van der Waals surface area contributed by atoms with Gasteiger partial charge in [-0.05, 0) is 29.8 Å². The molecule has 1 aromatic heterocycles. The van der Waals surface area contributed by atoms with Gasteiger partial charge in [-0.2, -0.15) is 0 Å². The number of hydrogen-bond donors (Lipinski definition) is 2. The SMILES string of the molecule is COc1cccc(CNC(=O)CSc2n[nH]c(-c3ccccc3Cl)n2)c1. The van der Waals surface area contributed by atoms with Gasteiger partial charge in [0.1, 0.15) is 5.75 Å². The van der Waals surface area contributed by atoms with Gasteiger partial charge in [-0.3, -0.25) is 9.89 Å². The molecule has 0 unspecified atom stereocenters. The third kappa shape index (κ3) is 4.77. The lowest BCUT2D eigenvalue weighted by atomic mass is 10.2. The normalized spacial score (nSPS) is 10.5. The maximum Gasteiger partial charge on any atom is 0.230 e. The summed E-state index contributed by atoms with van der Waals surface area (Å²) in [5, 5.41) is 10.9. The van der Waals surface area contributed by atoms with Crippen molar-refractivity contribution in [3.05, 3.63) is 59.1 Å². The first-order valence-electron chi connectivity index (χ1n) is 7.85. The minimum atomic E-state index is -0.0955. The van der Waals surface area contributed by atoms with E-state index in [9.17, 15) is 4.79 Å². The van der Waals surface area contributed by atoms with Gasteiger partial charge in [0.25, 0.3) is 0 Å². The predicted molar refractivity (Wildman–Crippen MR) is 102 cm³/mol. The number of thioether (sulfide) groups is 1. The molecule has 1 amide bonds. The molecule has 0 saturated heterocycles. The second-order valence-corrected chi connectivity index (χ2v) is 6.71. The minimum Gasteiger partial charge on any atom is -0.497 e. The van der Waals surface area contributed by atoms with Crippen molar-refractivity contribution < 1.29 is 9.53 Å². The number of carbonyl (C=O) groups is 1. The lowest BCUT2D eigenvalue weighted by Gasteiger charge is -2.06. The zero-order valence-electron chi connectivity index (χ0n) is 14.0. The van der Waals surface area contributed by atoms with E-state index in [1.54, 1.807) is 13.2 Å². The van der Waals surface area contributed by atoms with Gasteiger partial charge in [0.05, 0.1) is 17.9 Å². The van der Waals surface area contributed by atoms with Crippen LogP contribution in [0, 0.1) is 0 Å². The molecule has 3 rings (SSSR count). The highest BCUT2D eigenvalue weighted by Crippen LogP contribution is 2.25. The third-order valence-electron chi connectivity index (χ3n) is 3.55. The zero-order chi connectivity index (χ0) is 18.4. The van der Waals surface area contributed by atoms with Crippen LogP contribution in [0.15, 0.2) is 53.7 Å². The molecule has 3 aromatic rings. The Bertz CT molecular complexity index is 900. The van der Waals surface area contributed by atoms with Crippen molar-refractivity contribution in [2.75, 3.05) is 12.9 Å². The molecule has 0 aliphatic rings. The Hall–Kier alpha value is -2.51. The fraction of sp³-hybridized carbons (Fsp3) is 0.167. The van der Waals surface area contributed by atoms with Gasteiger partial charge in [-0.25, -0.2) is 4.98 Å². The first-order valence-corrected chi connectivity index (χ1v) is 9.22. The van der Waals surface area contributed by atoms with E-state index in [0.29, 0.717) is 22.5 Å². The molecule has 6 nitrogen and oxygen atoms in total. The van der Waals surface area contributed by atoms with Crippen LogP contribution in [0.4, 0.5) is 0 Å². The number of amides is 1. The van der Waals surface area contributed by atoms with Gasteiger partial charge in [0.15, 0.2) is 5.82 Å². The van der Waals surface area contributed by atoms with Crippen LogP contribution in [0.2, 0.25) is 5.02 Å². The average molecular weight is 389 g/mol. The fourth-order valence-electron chi connectivity index (χ4n) is 2.25. The van der Waals surface area contributed by atoms with E-state index in [2.05, 4.69) is 20.5 Å². The second-order valence-electron chi connectivity index (χ2n) is 5.36. The Morgan fingerprint density at radius 1 is 1.27 bits per heavy atom. The Morgan fingerprint density at radius 3 is 2.92 bits per heavy atom. The largest absolute Gasteiger partial charge is 0.497 e. The molecule has 0 fully saturated rings.